The number of anilines is 1. The lowest BCUT2D eigenvalue weighted by Crippen LogP contribution is -2.32. The number of hydrogen-bond acceptors (Lipinski definition) is 4. The smallest absolute Gasteiger partial charge is 0.232 e. The van der Waals surface area contributed by atoms with Gasteiger partial charge in [0.1, 0.15) is 12.4 Å². The van der Waals surface area contributed by atoms with E-state index < -0.39 is 10.0 Å². The van der Waals surface area contributed by atoms with Crippen LogP contribution >= 0.6 is 11.6 Å². The van der Waals surface area contributed by atoms with Gasteiger partial charge in [-0.2, -0.15) is 0 Å². The highest BCUT2D eigenvalue weighted by molar-refractivity contribution is 7.92. The van der Waals surface area contributed by atoms with Crippen LogP contribution in [0.5, 0.6) is 5.75 Å². The standard InChI is InChI=1S/C20H25ClN2O4S/c1-16-5-3-6-19(15-16)27-14-12-22-20(24)7-4-13-23(28(2,25)26)18-10-8-17(21)9-11-18/h3,5-6,8-11,15H,4,7,12-14H2,1-2H3,(H,22,24). The van der Waals surface area contributed by atoms with Crippen LogP contribution in [0.2, 0.25) is 5.02 Å². The first-order valence-corrected chi connectivity index (χ1v) is 11.2. The lowest BCUT2D eigenvalue weighted by Gasteiger charge is -2.22. The van der Waals surface area contributed by atoms with E-state index in [0.29, 0.717) is 30.3 Å². The van der Waals surface area contributed by atoms with Gasteiger partial charge in [0.15, 0.2) is 0 Å². The average molecular weight is 425 g/mol. The number of nitrogens with zero attached hydrogens (tertiary/aromatic N) is 1. The molecule has 2 rings (SSSR count). The molecule has 0 saturated heterocycles. The minimum absolute atomic E-state index is 0.141. The van der Waals surface area contributed by atoms with Crippen molar-refractivity contribution in [1.29, 1.82) is 0 Å². The highest BCUT2D eigenvalue weighted by Crippen LogP contribution is 2.21. The number of carbonyl (C=O) groups excluding carboxylic acids is 1. The molecule has 6 nitrogen and oxygen atoms in total. The molecular formula is C20H25ClN2O4S. The molecule has 152 valence electrons. The molecule has 0 unspecified atom stereocenters. The lowest BCUT2D eigenvalue weighted by molar-refractivity contribution is -0.121. The van der Waals surface area contributed by atoms with Crippen molar-refractivity contribution in [3.8, 4) is 5.75 Å². The van der Waals surface area contributed by atoms with Gasteiger partial charge in [-0.15, -0.1) is 0 Å². The Kier molecular flexibility index (Phi) is 8.14. The number of sulfonamides is 1. The molecule has 0 atom stereocenters. The fourth-order valence-electron chi connectivity index (χ4n) is 2.63. The van der Waals surface area contributed by atoms with Crippen molar-refractivity contribution < 1.29 is 17.9 Å². The maximum atomic E-state index is 12.0. The second-order valence-electron chi connectivity index (χ2n) is 6.43. The van der Waals surface area contributed by atoms with Crippen LogP contribution in [0.15, 0.2) is 48.5 Å². The molecule has 0 aliphatic heterocycles. The number of ether oxygens (including phenoxy) is 1. The van der Waals surface area contributed by atoms with Crippen molar-refractivity contribution in [2.24, 2.45) is 0 Å². The molecule has 0 bridgehead atoms. The van der Waals surface area contributed by atoms with E-state index in [1.54, 1.807) is 24.3 Å². The first kappa shape index (κ1) is 22.0. The number of nitrogens with one attached hydrogen (secondary N) is 1. The molecule has 0 aliphatic rings. The topological polar surface area (TPSA) is 75.7 Å². The first-order chi connectivity index (χ1) is 13.3. The number of aryl methyl sites for hydroxylation is 1. The second-order valence-corrected chi connectivity index (χ2v) is 8.77. The largest absolute Gasteiger partial charge is 0.492 e. The van der Waals surface area contributed by atoms with E-state index in [0.717, 1.165) is 17.6 Å². The zero-order valence-electron chi connectivity index (χ0n) is 16.0. The van der Waals surface area contributed by atoms with Gasteiger partial charge in [-0.1, -0.05) is 23.7 Å². The zero-order valence-corrected chi connectivity index (χ0v) is 17.6. The third-order valence-electron chi connectivity index (χ3n) is 3.96. The van der Waals surface area contributed by atoms with Crippen LogP contribution in [0.4, 0.5) is 5.69 Å². The molecule has 0 aromatic heterocycles. The van der Waals surface area contributed by atoms with Gasteiger partial charge in [0.25, 0.3) is 0 Å². The number of amides is 1. The molecule has 0 saturated carbocycles. The van der Waals surface area contributed by atoms with Crippen LogP contribution in [-0.2, 0) is 14.8 Å². The summed E-state index contributed by atoms with van der Waals surface area (Å²) in [6.45, 7) is 2.96. The van der Waals surface area contributed by atoms with Gasteiger partial charge in [-0.05, 0) is 55.3 Å². The number of hydrogen-bond donors (Lipinski definition) is 1. The number of rotatable bonds is 10. The molecule has 28 heavy (non-hydrogen) atoms. The molecule has 0 fully saturated rings. The van der Waals surface area contributed by atoms with Crippen molar-refractivity contribution in [2.45, 2.75) is 19.8 Å². The van der Waals surface area contributed by atoms with Crippen LogP contribution < -0.4 is 14.4 Å². The Balaban J connectivity index is 1.74. The Bertz CT molecular complexity index is 885. The summed E-state index contributed by atoms with van der Waals surface area (Å²) in [6, 6.07) is 14.3. The lowest BCUT2D eigenvalue weighted by atomic mass is 10.2. The van der Waals surface area contributed by atoms with Gasteiger partial charge >= 0.3 is 0 Å². The monoisotopic (exact) mass is 424 g/mol. The number of carbonyl (C=O) groups is 1. The summed E-state index contributed by atoms with van der Waals surface area (Å²) in [5.41, 5.74) is 1.64. The third-order valence-corrected chi connectivity index (χ3v) is 5.41. The Hall–Kier alpha value is -2.25. The predicted octanol–water partition coefficient (Wildman–Crippen LogP) is 3.39. The molecular weight excluding hydrogens is 400 g/mol. The van der Waals surface area contributed by atoms with E-state index >= 15 is 0 Å². The van der Waals surface area contributed by atoms with Crippen molar-refractivity contribution in [3.05, 3.63) is 59.1 Å². The van der Waals surface area contributed by atoms with Gasteiger partial charge in [-0.25, -0.2) is 8.42 Å². The fourth-order valence-corrected chi connectivity index (χ4v) is 3.72. The first-order valence-electron chi connectivity index (χ1n) is 8.95. The predicted molar refractivity (Wildman–Crippen MR) is 113 cm³/mol. The van der Waals surface area contributed by atoms with Crippen molar-refractivity contribution in [1.82, 2.24) is 5.32 Å². The summed E-state index contributed by atoms with van der Waals surface area (Å²) >= 11 is 5.85. The summed E-state index contributed by atoms with van der Waals surface area (Å²) in [4.78, 5) is 12.0. The minimum Gasteiger partial charge on any atom is -0.492 e. The SMILES string of the molecule is Cc1cccc(OCCNC(=O)CCCN(c2ccc(Cl)cc2)S(C)(=O)=O)c1. The van der Waals surface area contributed by atoms with Crippen molar-refractivity contribution in [3.63, 3.8) is 0 Å². The summed E-state index contributed by atoms with van der Waals surface area (Å²) in [5, 5.41) is 3.31. The molecule has 1 N–H and O–H groups in total. The third kappa shape index (κ3) is 7.40. The van der Waals surface area contributed by atoms with E-state index in [2.05, 4.69) is 5.32 Å². The molecule has 0 aliphatic carbocycles. The minimum atomic E-state index is -3.45. The van der Waals surface area contributed by atoms with Crippen molar-refractivity contribution in [2.75, 3.05) is 30.3 Å². The summed E-state index contributed by atoms with van der Waals surface area (Å²) in [6.07, 6.45) is 1.77. The summed E-state index contributed by atoms with van der Waals surface area (Å²) < 4.78 is 30.9. The molecule has 1 amide bonds. The quantitative estimate of drug-likeness (QED) is 0.593. The fraction of sp³-hybridized carbons (Fsp3) is 0.350. The summed E-state index contributed by atoms with van der Waals surface area (Å²) in [5.74, 6) is 0.624. The molecule has 0 spiro atoms. The number of benzene rings is 2. The van der Waals surface area contributed by atoms with Gasteiger partial charge < -0.3 is 10.1 Å². The highest BCUT2D eigenvalue weighted by Gasteiger charge is 2.17. The van der Waals surface area contributed by atoms with Gasteiger partial charge in [-0.3, -0.25) is 9.10 Å². The maximum absolute atomic E-state index is 12.0. The Morgan fingerprint density at radius 3 is 2.54 bits per heavy atom. The Labute approximate surface area is 171 Å². The Morgan fingerprint density at radius 1 is 1.18 bits per heavy atom. The molecule has 0 radical (unpaired) electrons. The van der Waals surface area contributed by atoms with Crippen LogP contribution in [0.1, 0.15) is 18.4 Å². The average Bonchev–Trinajstić information content (AvgIpc) is 2.62. The Morgan fingerprint density at radius 2 is 1.89 bits per heavy atom. The molecule has 2 aromatic rings. The number of halogens is 1. The van der Waals surface area contributed by atoms with E-state index in [1.165, 1.54) is 4.31 Å². The second kappa shape index (κ2) is 10.3. The maximum Gasteiger partial charge on any atom is 0.232 e. The van der Waals surface area contributed by atoms with Gasteiger partial charge in [0, 0.05) is 18.0 Å². The van der Waals surface area contributed by atoms with E-state index in [9.17, 15) is 13.2 Å². The molecule has 0 heterocycles. The van der Waals surface area contributed by atoms with Crippen molar-refractivity contribution >= 4 is 33.2 Å². The van der Waals surface area contributed by atoms with E-state index in [-0.39, 0.29) is 18.9 Å². The van der Waals surface area contributed by atoms with Crippen LogP contribution in [0.3, 0.4) is 0 Å². The van der Waals surface area contributed by atoms with Crippen LogP contribution in [0, 0.1) is 6.92 Å². The van der Waals surface area contributed by atoms with Gasteiger partial charge in [0.2, 0.25) is 15.9 Å². The zero-order chi connectivity index (χ0) is 20.6. The van der Waals surface area contributed by atoms with Gasteiger partial charge in [0.05, 0.1) is 18.5 Å². The molecule has 2 aromatic carbocycles. The van der Waals surface area contributed by atoms with Crippen LogP contribution in [0.25, 0.3) is 0 Å². The van der Waals surface area contributed by atoms with E-state index in [1.807, 2.05) is 31.2 Å². The van der Waals surface area contributed by atoms with E-state index in [4.69, 9.17) is 16.3 Å². The molecule has 8 heteroatoms. The normalized spacial score (nSPS) is 11.1. The highest BCUT2D eigenvalue weighted by atomic mass is 35.5. The summed E-state index contributed by atoms with van der Waals surface area (Å²) in [7, 11) is -3.45. The van der Waals surface area contributed by atoms with Crippen LogP contribution in [-0.4, -0.2) is 40.3 Å².